The molecular formula is C13H18N2O2S. The van der Waals surface area contributed by atoms with E-state index in [4.69, 9.17) is 10.00 Å². The highest BCUT2D eigenvalue weighted by Gasteiger charge is 2.14. The molecule has 1 aromatic heterocycles. The Bertz CT molecular complexity index is 466. The van der Waals surface area contributed by atoms with Crippen LogP contribution >= 0.6 is 11.8 Å². The summed E-state index contributed by atoms with van der Waals surface area (Å²) >= 11 is 1.75. The fourth-order valence-electron chi connectivity index (χ4n) is 1.38. The number of hydrogen-bond acceptors (Lipinski definition) is 4. The number of aryl methyl sites for hydroxylation is 1. The van der Waals surface area contributed by atoms with Gasteiger partial charge in [0, 0.05) is 23.7 Å². The Balaban J connectivity index is 2.46. The maximum Gasteiger partial charge on any atom is 0.355 e. The van der Waals surface area contributed by atoms with Crippen molar-refractivity contribution in [2.45, 2.75) is 25.5 Å². The highest BCUT2D eigenvalue weighted by atomic mass is 32.2. The van der Waals surface area contributed by atoms with Crippen LogP contribution in [0.2, 0.25) is 0 Å². The van der Waals surface area contributed by atoms with Crippen LogP contribution in [0.5, 0.6) is 0 Å². The van der Waals surface area contributed by atoms with Gasteiger partial charge in [0.25, 0.3) is 0 Å². The lowest BCUT2D eigenvalue weighted by molar-refractivity contribution is 0.0519. The number of aromatic nitrogens is 1. The van der Waals surface area contributed by atoms with Crippen LogP contribution in [0.4, 0.5) is 0 Å². The third-order valence-electron chi connectivity index (χ3n) is 2.19. The average Bonchev–Trinajstić information content (AvgIpc) is 2.64. The molecule has 0 aromatic carbocycles. The van der Waals surface area contributed by atoms with Gasteiger partial charge in [-0.25, -0.2) is 4.79 Å². The van der Waals surface area contributed by atoms with E-state index < -0.39 is 0 Å². The summed E-state index contributed by atoms with van der Waals surface area (Å²) in [6, 6.07) is 3.54. The summed E-state index contributed by atoms with van der Waals surface area (Å²) < 4.78 is 6.95. The van der Waals surface area contributed by atoms with Crippen LogP contribution in [0.3, 0.4) is 0 Å². The second-order valence-electron chi connectivity index (χ2n) is 4.93. The molecule has 4 nitrogen and oxygen atoms in total. The number of ether oxygens (including phenoxy) is 1. The molecule has 1 heterocycles. The van der Waals surface area contributed by atoms with Crippen molar-refractivity contribution in [3.63, 3.8) is 0 Å². The number of nitrogens with zero attached hydrogens (tertiary/aromatic N) is 2. The minimum absolute atomic E-state index is 0.172. The molecule has 5 heteroatoms. The maximum absolute atomic E-state index is 11.8. The molecule has 0 aliphatic rings. The Morgan fingerprint density at radius 1 is 1.56 bits per heavy atom. The summed E-state index contributed by atoms with van der Waals surface area (Å²) in [5, 5.41) is 8.74. The van der Waals surface area contributed by atoms with E-state index in [0.717, 1.165) is 5.75 Å². The Hall–Kier alpha value is -1.41. The highest BCUT2D eigenvalue weighted by molar-refractivity contribution is 8.00. The van der Waals surface area contributed by atoms with E-state index in [9.17, 15) is 4.79 Å². The van der Waals surface area contributed by atoms with Crippen molar-refractivity contribution in [1.29, 1.82) is 5.26 Å². The first kappa shape index (κ1) is 14.7. The van der Waals surface area contributed by atoms with Gasteiger partial charge < -0.3 is 9.30 Å². The predicted molar refractivity (Wildman–Crippen MR) is 72.6 cm³/mol. The van der Waals surface area contributed by atoms with E-state index in [1.54, 1.807) is 35.6 Å². The fraction of sp³-hybridized carbons (Fsp3) is 0.538. The standard InChI is InChI=1S/C13H18N2O2S/c1-13(2,3)18-6-5-17-12(16)11-7-10(8-14)9-15(11)4/h7,9H,5-6H2,1-4H3. The molecule has 98 valence electrons. The van der Waals surface area contributed by atoms with E-state index in [1.807, 2.05) is 6.07 Å². The van der Waals surface area contributed by atoms with Gasteiger partial charge in [-0.05, 0) is 6.07 Å². The number of nitriles is 1. The Morgan fingerprint density at radius 3 is 2.72 bits per heavy atom. The number of hydrogen-bond donors (Lipinski definition) is 0. The van der Waals surface area contributed by atoms with Gasteiger partial charge in [-0.3, -0.25) is 0 Å². The lowest BCUT2D eigenvalue weighted by Crippen LogP contribution is -2.14. The Labute approximate surface area is 112 Å². The highest BCUT2D eigenvalue weighted by Crippen LogP contribution is 2.22. The van der Waals surface area contributed by atoms with Crippen LogP contribution in [0.25, 0.3) is 0 Å². The zero-order valence-corrected chi connectivity index (χ0v) is 12.0. The maximum atomic E-state index is 11.8. The number of carbonyl (C=O) groups is 1. The molecule has 0 unspecified atom stereocenters. The molecule has 0 fully saturated rings. The Morgan fingerprint density at radius 2 is 2.22 bits per heavy atom. The van der Waals surface area contributed by atoms with E-state index in [2.05, 4.69) is 20.8 Å². The second kappa shape index (κ2) is 5.96. The summed E-state index contributed by atoms with van der Waals surface area (Å²) in [6.45, 7) is 6.75. The molecule has 0 spiro atoms. The lowest BCUT2D eigenvalue weighted by Gasteiger charge is -2.17. The zero-order valence-electron chi connectivity index (χ0n) is 11.2. The summed E-state index contributed by atoms with van der Waals surface area (Å²) in [6.07, 6.45) is 1.61. The van der Waals surface area contributed by atoms with E-state index in [-0.39, 0.29) is 10.7 Å². The minimum atomic E-state index is -0.381. The first-order chi connectivity index (χ1) is 8.33. The van der Waals surface area contributed by atoms with E-state index in [0.29, 0.717) is 17.9 Å². The molecule has 1 aromatic rings. The predicted octanol–water partition coefficient (Wildman–Crippen LogP) is 2.59. The van der Waals surface area contributed by atoms with Crippen molar-refractivity contribution in [3.05, 3.63) is 23.5 Å². The summed E-state index contributed by atoms with van der Waals surface area (Å²) in [5.41, 5.74) is 0.876. The average molecular weight is 266 g/mol. The normalized spacial score (nSPS) is 11.1. The number of thioether (sulfide) groups is 1. The third kappa shape index (κ3) is 4.46. The van der Waals surface area contributed by atoms with Crippen LogP contribution in [0.1, 0.15) is 36.8 Å². The van der Waals surface area contributed by atoms with Gasteiger partial charge in [0.05, 0.1) is 5.56 Å². The first-order valence-electron chi connectivity index (χ1n) is 5.71. The number of esters is 1. The minimum Gasteiger partial charge on any atom is -0.460 e. The number of carbonyl (C=O) groups excluding carboxylic acids is 1. The van der Waals surface area contributed by atoms with Gasteiger partial charge in [-0.15, -0.1) is 0 Å². The van der Waals surface area contributed by atoms with Crippen molar-refractivity contribution >= 4 is 17.7 Å². The van der Waals surface area contributed by atoms with Crippen LogP contribution in [0.15, 0.2) is 12.3 Å². The monoisotopic (exact) mass is 266 g/mol. The van der Waals surface area contributed by atoms with Gasteiger partial charge in [0.15, 0.2) is 0 Å². The molecule has 0 amide bonds. The summed E-state index contributed by atoms with van der Waals surface area (Å²) in [7, 11) is 1.72. The van der Waals surface area contributed by atoms with Crippen molar-refractivity contribution in [3.8, 4) is 6.07 Å². The largest absolute Gasteiger partial charge is 0.460 e. The van der Waals surface area contributed by atoms with Crippen molar-refractivity contribution in [1.82, 2.24) is 4.57 Å². The zero-order chi connectivity index (χ0) is 13.8. The van der Waals surface area contributed by atoms with Crippen LogP contribution < -0.4 is 0 Å². The second-order valence-corrected chi connectivity index (χ2v) is 6.86. The fourth-order valence-corrected chi connectivity index (χ4v) is 2.16. The molecular weight excluding hydrogens is 248 g/mol. The molecule has 0 aliphatic carbocycles. The number of rotatable bonds is 4. The van der Waals surface area contributed by atoms with Crippen LogP contribution in [-0.4, -0.2) is 27.6 Å². The van der Waals surface area contributed by atoms with Crippen molar-refractivity contribution < 1.29 is 9.53 Å². The summed E-state index contributed by atoms with van der Waals surface area (Å²) in [5.74, 6) is 0.388. The Kier molecular flexibility index (Phi) is 4.85. The summed E-state index contributed by atoms with van der Waals surface area (Å²) in [4.78, 5) is 11.8. The van der Waals surface area contributed by atoms with Gasteiger partial charge in [-0.1, -0.05) is 20.8 Å². The molecule has 0 saturated carbocycles. The molecule has 0 atom stereocenters. The topological polar surface area (TPSA) is 55.0 Å². The van der Waals surface area contributed by atoms with Gasteiger partial charge in [-0.2, -0.15) is 17.0 Å². The quantitative estimate of drug-likeness (QED) is 0.621. The van der Waals surface area contributed by atoms with Crippen LogP contribution in [-0.2, 0) is 11.8 Å². The van der Waals surface area contributed by atoms with Gasteiger partial charge in [0.1, 0.15) is 18.4 Å². The lowest BCUT2D eigenvalue weighted by atomic mass is 10.3. The SMILES string of the molecule is Cn1cc(C#N)cc1C(=O)OCCSC(C)(C)C. The molecule has 1 rings (SSSR count). The van der Waals surface area contributed by atoms with Crippen molar-refractivity contribution in [2.24, 2.45) is 7.05 Å². The molecule has 0 aliphatic heterocycles. The van der Waals surface area contributed by atoms with Crippen LogP contribution in [0, 0.1) is 11.3 Å². The van der Waals surface area contributed by atoms with E-state index >= 15 is 0 Å². The molecule has 18 heavy (non-hydrogen) atoms. The molecule has 0 saturated heterocycles. The smallest absolute Gasteiger partial charge is 0.355 e. The van der Waals surface area contributed by atoms with E-state index in [1.165, 1.54) is 0 Å². The third-order valence-corrected chi connectivity index (χ3v) is 3.43. The molecule has 0 bridgehead atoms. The van der Waals surface area contributed by atoms with Gasteiger partial charge >= 0.3 is 5.97 Å². The molecule has 0 radical (unpaired) electrons. The molecule has 0 N–H and O–H groups in total. The first-order valence-corrected chi connectivity index (χ1v) is 6.69. The van der Waals surface area contributed by atoms with Gasteiger partial charge in [0.2, 0.25) is 0 Å². The van der Waals surface area contributed by atoms with Crippen molar-refractivity contribution in [2.75, 3.05) is 12.4 Å².